The van der Waals surface area contributed by atoms with Crippen LogP contribution in [0.15, 0.2) is 29.5 Å². The summed E-state index contributed by atoms with van der Waals surface area (Å²) in [7, 11) is 0. The molecule has 1 aliphatic heterocycles. The summed E-state index contributed by atoms with van der Waals surface area (Å²) in [5.74, 6) is 2.87. The van der Waals surface area contributed by atoms with Crippen molar-refractivity contribution in [3.8, 4) is 0 Å². The molecule has 0 bridgehead atoms. The van der Waals surface area contributed by atoms with Gasteiger partial charge in [0.15, 0.2) is 0 Å². The Balaban J connectivity index is 1.37. The van der Waals surface area contributed by atoms with Crippen molar-refractivity contribution in [3.63, 3.8) is 0 Å². The SMILES string of the molecule is Cc1nccc(N2CCC(Cn3cnc(C4CC4)cc3=O)CC2)n1. The van der Waals surface area contributed by atoms with Crippen LogP contribution in [0.2, 0.25) is 0 Å². The van der Waals surface area contributed by atoms with Gasteiger partial charge in [-0.1, -0.05) is 0 Å². The summed E-state index contributed by atoms with van der Waals surface area (Å²) in [6.07, 6.45) is 8.06. The highest BCUT2D eigenvalue weighted by Crippen LogP contribution is 2.38. The summed E-state index contributed by atoms with van der Waals surface area (Å²) in [6, 6.07) is 3.70. The van der Waals surface area contributed by atoms with Crippen LogP contribution in [0, 0.1) is 12.8 Å². The molecule has 126 valence electrons. The van der Waals surface area contributed by atoms with Crippen LogP contribution in [0.5, 0.6) is 0 Å². The molecule has 1 saturated carbocycles. The van der Waals surface area contributed by atoms with Crippen LogP contribution in [0.1, 0.15) is 43.1 Å². The van der Waals surface area contributed by atoms with E-state index >= 15 is 0 Å². The number of aryl methyl sites for hydroxylation is 1. The minimum Gasteiger partial charge on any atom is -0.356 e. The van der Waals surface area contributed by atoms with E-state index in [1.807, 2.05) is 19.2 Å². The monoisotopic (exact) mass is 325 g/mol. The average molecular weight is 325 g/mol. The van der Waals surface area contributed by atoms with Crippen molar-refractivity contribution in [1.29, 1.82) is 0 Å². The first-order valence-corrected chi connectivity index (χ1v) is 8.80. The van der Waals surface area contributed by atoms with Gasteiger partial charge in [-0.15, -0.1) is 0 Å². The van der Waals surface area contributed by atoms with Gasteiger partial charge in [0.1, 0.15) is 11.6 Å². The summed E-state index contributed by atoms with van der Waals surface area (Å²) >= 11 is 0. The Labute approximate surface area is 141 Å². The van der Waals surface area contributed by atoms with Gasteiger partial charge in [-0.05, 0) is 44.6 Å². The lowest BCUT2D eigenvalue weighted by Gasteiger charge is -2.33. The maximum Gasteiger partial charge on any atom is 0.253 e. The largest absolute Gasteiger partial charge is 0.356 e. The zero-order chi connectivity index (χ0) is 16.5. The summed E-state index contributed by atoms with van der Waals surface area (Å²) in [5.41, 5.74) is 1.07. The molecule has 2 fully saturated rings. The van der Waals surface area contributed by atoms with Gasteiger partial charge in [0.25, 0.3) is 5.56 Å². The second-order valence-corrected chi connectivity index (χ2v) is 6.97. The van der Waals surface area contributed by atoms with Crippen LogP contribution in [0.3, 0.4) is 0 Å². The van der Waals surface area contributed by atoms with Gasteiger partial charge in [-0.2, -0.15) is 0 Å². The van der Waals surface area contributed by atoms with Crippen molar-refractivity contribution in [2.45, 2.75) is 45.1 Å². The van der Waals surface area contributed by atoms with Crippen LogP contribution < -0.4 is 10.5 Å². The first-order chi connectivity index (χ1) is 11.7. The smallest absolute Gasteiger partial charge is 0.253 e. The van der Waals surface area contributed by atoms with Crippen molar-refractivity contribution in [1.82, 2.24) is 19.5 Å². The topological polar surface area (TPSA) is 63.9 Å². The molecular weight excluding hydrogens is 302 g/mol. The molecule has 3 heterocycles. The predicted octanol–water partition coefficient (Wildman–Crippen LogP) is 2.14. The van der Waals surface area contributed by atoms with Crippen LogP contribution in [0.4, 0.5) is 5.82 Å². The molecule has 24 heavy (non-hydrogen) atoms. The highest BCUT2D eigenvalue weighted by atomic mass is 16.1. The molecule has 6 heteroatoms. The van der Waals surface area contributed by atoms with Gasteiger partial charge < -0.3 is 4.90 Å². The molecule has 0 N–H and O–H groups in total. The zero-order valence-electron chi connectivity index (χ0n) is 14.1. The molecule has 1 saturated heterocycles. The minimum absolute atomic E-state index is 0.0979. The van der Waals surface area contributed by atoms with E-state index < -0.39 is 0 Å². The fourth-order valence-corrected chi connectivity index (χ4v) is 3.42. The van der Waals surface area contributed by atoms with Crippen molar-refractivity contribution in [3.05, 3.63) is 46.5 Å². The molecule has 4 rings (SSSR count). The van der Waals surface area contributed by atoms with E-state index in [1.54, 1.807) is 17.0 Å². The van der Waals surface area contributed by atoms with E-state index in [9.17, 15) is 4.79 Å². The number of piperidine rings is 1. The molecule has 0 aromatic carbocycles. The Hall–Kier alpha value is -2.24. The first kappa shape index (κ1) is 15.3. The molecular formula is C18H23N5O. The van der Waals surface area contributed by atoms with E-state index in [4.69, 9.17) is 0 Å². The molecule has 0 amide bonds. The molecule has 0 radical (unpaired) electrons. The lowest BCUT2D eigenvalue weighted by atomic mass is 9.96. The molecule has 0 atom stereocenters. The summed E-state index contributed by atoms with van der Waals surface area (Å²) in [6.45, 7) is 4.64. The Morgan fingerprint density at radius 3 is 2.62 bits per heavy atom. The fraction of sp³-hybridized carbons (Fsp3) is 0.556. The Morgan fingerprint density at radius 2 is 1.96 bits per heavy atom. The molecule has 1 aliphatic carbocycles. The standard InChI is InChI=1S/C18H23N5O/c1-13-19-7-4-17(21-13)22-8-5-14(6-9-22)11-23-12-20-16(10-18(23)24)15-2-3-15/h4,7,10,12,14-15H,2-3,5-6,8-9,11H2,1H3. The third-order valence-electron chi connectivity index (χ3n) is 5.05. The van der Waals surface area contributed by atoms with Gasteiger partial charge >= 0.3 is 0 Å². The number of nitrogens with zero attached hydrogens (tertiary/aromatic N) is 5. The van der Waals surface area contributed by atoms with Crippen LogP contribution >= 0.6 is 0 Å². The van der Waals surface area contributed by atoms with Crippen LogP contribution in [-0.2, 0) is 6.54 Å². The summed E-state index contributed by atoms with van der Waals surface area (Å²) in [4.78, 5) is 27.7. The quantitative estimate of drug-likeness (QED) is 0.862. The summed E-state index contributed by atoms with van der Waals surface area (Å²) < 4.78 is 1.78. The van der Waals surface area contributed by atoms with Gasteiger partial charge in [0, 0.05) is 37.8 Å². The van der Waals surface area contributed by atoms with Gasteiger partial charge in [-0.3, -0.25) is 9.36 Å². The maximum absolute atomic E-state index is 12.3. The van der Waals surface area contributed by atoms with Gasteiger partial charge in [0.2, 0.25) is 0 Å². The van der Waals surface area contributed by atoms with E-state index in [2.05, 4.69) is 19.9 Å². The van der Waals surface area contributed by atoms with Gasteiger partial charge in [-0.25, -0.2) is 15.0 Å². The van der Waals surface area contributed by atoms with Crippen molar-refractivity contribution >= 4 is 5.82 Å². The predicted molar refractivity (Wildman–Crippen MR) is 92.2 cm³/mol. The van der Waals surface area contributed by atoms with Crippen molar-refractivity contribution < 1.29 is 0 Å². The number of rotatable bonds is 4. The van der Waals surface area contributed by atoms with Gasteiger partial charge in [0.05, 0.1) is 12.0 Å². The lowest BCUT2D eigenvalue weighted by molar-refractivity contribution is 0.349. The Bertz CT molecular complexity index is 775. The highest BCUT2D eigenvalue weighted by molar-refractivity contribution is 5.37. The van der Waals surface area contributed by atoms with Crippen molar-refractivity contribution in [2.75, 3.05) is 18.0 Å². The normalized spacial score (nSPS) is 18.8. The number of hydrogen-bond donors (Lipinski definition) is 0. The van der Waals surface area contributed by atoms with E-state index in [0.717, 1.165) is 49.8 Å². The van der Waals surface area contributed by atoms with Crippen LogP contribution in [-0.4, -0.2) is 32.6 Å². The third kappa shape index (κ3) is 3.32. The number of aromatic nitrogens is 4. The van der Waals surface area contributed by atoms with Crippen LogP contribution in [0.25, 0.3) is 0 Å². The minimum atomic E-state index is 0.0979. The van der Waals surface area contributed by atoms with E-state index in [-0.39, 0.29) is 5.56 Å². The molecule has 6 nitrogen and oxygen atoms in total. The third-order valence-corrected chi connectivity index (χ3v) is 5.05. The Morgan fingerprint density at radius 1 is 1.17 bits per heavy atom. The summed E-state index contributed by atoms with van der Waals surface area (Å²) in [5, 5.41) is 0. The molecule has 2 aliphatic rings. The Kier molecular flexibility index (Phi) is 4.04. The zero-order valence-corrected chi connectivity index (χ0v) is 14.1. The number of hydrogen-bond acceptors (Lipinski definition) is 5. The molecule has 2 aromatic rings. The van der Waals surface area contributed by atoms with E-state index in [1.165, 1.54) is 12.8 Å². The second kappa shape index (κ2) is 6.34. The molecule has 2 aromatic heterocycles. The van der Waals surface area contributed by atoms with E-state index in [0.29, 0.717) is 11.8 Å². The number of anilines is 1. The fourth-order valence-electron chi connectivity index (χ4n) is 3.42. The average Bonchev–Trinajstić information content (AvgIpc) is 3.42. The second-order valence-electron chi connectivity index (χ2n) is 6.97. The van der Waals surface area contributed by atoms with Crippen molar-refractivity contribution in [2.24, 2.45) is 5.92 Å². The first-order valence-electron chi connectivity index (χ1n) is 8.80. The lowest BCUT2D eigenvalue weighted by Crippen LogP contribution is -2.37. The highest BCUT2D eigenvalue weighted by Gasteiger charge is 2.26. The molecule has 0 spiro atoms. The maximum atomic E-state index is 12.3. The molecule has 0 unspecified atom stereocenters.